The zero-order chi connectivity index (χ0) is 14.0. The lowest BCUT2D eigenvalue weighted by Crippen LogP contribution is -2.48. The quantitative estimate of drug-likeness (QED) is 0.805. The first-order valence-electron chi connectivity index (χ1n) is 6.24. The lowest BCUT2D eigenvalue weighted by atomic mass is 10.2. The SMILES string of the molecule is C[C@@H]1CN(S(=O)(=O)c2cccc(CCl)c2)C[C@H](C)O1. The molecule has 4 nitrogen and oxygen atoms in total. The van der Waals surface area contributed by atoms with E-state index in [2.05, 4.69) is 0 Å². The molecular formula is C13H18ClNO3S. The molecule has 1 saturated heterocycles. The minimum atomic E-state index is -3.47. The van der Waals surface area contributed by atoms with Crippen molar-refractivity contribution in [2.24, 2.45) is 0 Å². The highest BCUT2D eigenvalue weighted by molar-refractivity contribution is 7.89. The molecule has 0 radical (unpaired) electrons. The van der Waals surface area contributed by atoms with E-state index in [-0.39, 0.29) is 12.2 Å². The third-order valence-corrected chi connectivity index (χ3v) is 5.21. The summed E-state index contributed by atoms with van der Waals surface area (Å²) in [5.74, 6) is 0.305. The fourth-order valence-corrected chi connectivity index (χ4v) is 4.09. The van der Waals surface area contributed by atoms with Crippen LogP contribution in [-0.2, 0) is 20.6 Å². The number of hydrogen-bond acceptors (Lipinski definition) is 3. The van der Waals surface area contributed by atoms with Crippen LogP contribution >= 0.6 is 11.6 Å². The largest absolute Gasteiger partial charge is 0.373 e. The van der Waals surface area contributed by atoms with Gasteiger partial charge in [0.2, 0.25) is 10.0 Å². The Labute approximate surface area is 119 Å². The van der Waals surface area contributed by atoms with Crippen molar-refractivity contribution in [1.29, 1.82) is 0 Å². The number of ether oxygens (including phenoxy) is 1. The van der Waals surface area contributed by atoms with E-state index < -0.39 is 10.0 Å². The number of sulfonamides is 1. The van der Waals surface area contributed by atoms with Crippen molar-refractivity contribution in [3.05, 3.63) is 29.8 Å². The number of rotatable bonds is 3. The molecule has 0 aliphatic carbocycles. The van der Waals surface area contributed by atoms with E-state index >= 15 is 0 Å². The number of morpholine rings is 1. The topological polar surface area (TPSA) is 46.6 Å². The molecule has 1 aromatic carbocycles. The highest BCUT2D eigenvalue weighted by atomic mass is 35.5. The minimum Gasteiger partial charge on any atom is -0.373 e. The van der Waals surface area contributed by atoms with Crippen LogP contribution in [0.2, 0.25) is 0 Å². The average Bonchev–Trinajstić information content (AvgIpc) is 2.37. The average molecular weight is 304 g/mol. The third kappa shape index (κ3) is 3.28. The molecule has 0 unspecified atom stereocenters. The molecule has 0 amide bonds. The van der Waals surface area contributed by atoms with E-state index in [1.807, 2.05) is 19.9 Å². The molecule has 1 aliphatic heterocycles. The summed E-state index contributed by atoms with van der Waals surface area (Å²) in [5.41, 5.74) is 0.803. The maximum absolute atomic E-state index is 12.6. The molecule has 0 bridgehead atoms. The first-order valence-corrected chi connectivity index (χ1v) is 8.21. The predicted octanol–water partition coefficient (Wildman–Crippen LogP) is 2.22. The van der Waals surface area contributed by atoms with Gasteiger partial charge >= 0.3 is 0 Å². The number of hydrogen-bond donors (Lipinski definition) is 0. The second-order valence-electron chi connectivity index (χ2n) is 4.86. The van der Waals surface area contributed by atoms with Gasteiger partial charge in [-0.25, -0.2) is 8.42 Å². The van der Waals surface area contributed by atoms with Gasteiger partial charge in [0.05, 0.1) is 17.1 Å². The monoisotopic (exact) mass is 303 g/mol. The molecule has 0 saturated carbocycles. The maximum Gasteiger partial charge on any atom is 0.243 e. The van der Waals surface area contributed by atoms with Crippen molar-refractivity contribution in [3.63, 3.8) is 0 Å². The van der Waals surface area contributed by atoms with Crippen molar-refractivity contribution in [1.82, 2.24) is 4.31 Å². The van der Waals surface area contributed by atoms with E-state index in [1.54, 1.807) is 18.2 Å². The van der Waals surface area contributed by atoms with Gasteiger partial charge in [-0.2, -0.15) is 4.31 Å². The fraction of sp³-hybridized carbons (Fsp3) is 0.538. The Morgan fingerprint density at radius 3 is 2.53 bits per heavy atom. The number of nitrogens with zero attached hydrogens (tertiary/aromatic N) is 1. The summed E-state index contributed by atoms with van der Waals surface area (Å²) < 4.78 is 32.2. The Morgan fingerprint density at radius 2 is 1.95 bits per heavy atom. The summed E-state index contributed by atoms with van der Waals surface area (Å²) in [6.07, 6.45) is -0.176. The van der Waals surface area contributed by atoms with Crippen LogP contribution in [0.1, 0.15) is 19.4 Å². The summed E-state index contributed by atoms with van der Waals surface area (Å²) in [7, 11) is -3.47. The van der Waals surface area contributed by atoms with Crippen molar-refractivity contribution in [2.45, 2.75) is 36.8 Å². The van der Waals surface area contributed by atoms with Crippen molar-refractivity contribution < 1.29 is 13.2 Å². The van der Waals surface area contributed by atoms with Crippen LogP contribution in [0.5, 0.6) is 0 Å². The molecule has 1 aliphatic rings. The minimum absolute atomic E-state index is 0.0882. The van der Waals surface area contributed by atoms with Gasteiger partial charge in [0.15, 0.2) is 0 Å². The van der Waals surface area contributed by atoms with Crippen LogP contribution in [0.25, 0.3) is 0 Å². The van der Waals surface area contributed by atoms with Gasteiger partial charge in [-0.15, -0.1) is 11.6 Å². The summed E-state index contributed by atoms with van der Waals surface area (Å²) in [6.45, 7) is 4.54. The Morgan fingerprint density at radius 1 is 1.32 bits per heavy atom. The Balaban J connectivity index is 2.30. The van der Waals surface area contributed by atoms with E-state index in [9.17, 15) is 8.42 Å². The van der Waals surface area contributed by atoms with E-state index in [4.69, 9.17) is 16.3 Å². The van der Waals surface area contributed by atoms with Crippen molar-refractivity contribution in [3.8, 4) is 0 Å². The molecule has 0 aromatic heterocycles. The highest BCUT2D eigenvalue weighted by Gasteiger charge is 2.32. The molecule has 1 heterocycles. The molecule has 1 fully saturated rings. The lowest BCUT2D eigenvalue weighted by molar-refractivity contribution is -0.0440. The summed E-state index contributed by atoms with van der Waals surface area (Å²) in [5, 5.41) is 0. The lowest BCUT2D eigenvalue weighted by Gasteiger charge is -2.34. The zero-order valence-electron chi connectivity index (χ0n) is 11.0. The third-order valence-electron chi connectivity index (χ3n) is 3.08. The van der Waals surface area contributed by atoms with Crippen molar-refractivity contribution >= 4 is 21.6 Å². The van der Waals surface area contributed by atoms with Gasteiger partial charge in [-0.3, -0.25) is 0 Å². The van der Waals surface area contributed by atoms with Gasteiger partial charge in [0.25, 0.3) is 0 Å². The summed E-state index contributed by atoms with van der Waals surface area (Å²) in [6, 6.07) is 6.78. The Bertz CT molecular complexity index is 537. The molecule has 19 heavy (non-hydrogen) atoms. The van der Waals surface area contributed by atoms with Gasteiger partial charge in [0.1, 0.15) is 0 Å². The molecule has 2 rings (SSSR count). The Kier molecular flexibility index (Phi) is 4.50. The molecular weight excluding hydrogens is 286 g/mol. The maximum atomic E-state index is 12.6. The molecule has 0 N–H and O–H groups in total. The van der Waals surface area contributed by atoms with Crippen LogP contribution < -0.4 is 0 Å². The van der Waals surface area contributed by atoms with Gasteiger partial charge in [-0.1, -0.05) is 12.1 Å². The smallest absolute Gasteiger partial charge is 0.243 e. The van der Waals surface area contributed by atoms with Crippen LogP contribution in [0.15, 0.2) is 29.2 Å². The van der Waals surface area contributed by atoms with E-state index in [0.29, 0.717) is 23.9 Å². The number of benzene rings is 1. The number of halogens is 1. The molecule has 2 atom stereocenters. The van der Waals surface area contributed by atoms with Gasteiger partial charge < -0.3 is 4.74 Å². The predicted molar refractivity (Wildman–Crippen MR) is 74.8 cm³/mol. The summed E-state index contributed by atoms with van der Waals surface area (Å²) in [4.78, 5) is 0.298. The zero-order valence-corrected chi connectivity index (χ0v) is 12.6. The highest BCUT2D eigenvalue weighted by Crippen LogP contribution is 2.22. The first kappa shape index (κ1) is 14.8. The summed E-state index contributed by atoms with van der Waals surface area (Å²) >= 11 is 5.75. The molecule has 6 heteroatoms. The van der Waals surface area contributed by atoms with Gasteiger partial charge in [0, 0.05) is 19.0 Å². The van der Waals surface area contributed by atoms with E-state index in [0.717, 1.165) is 5.56 Å². The normalized spacial score (nSPS) is 25.4. The first-order chi connectivity index (χ1) is 8.93. The second-order valence-corrected chi connectivity index (χ2v) is 7.07. The molecule has 0 spiro atoms. The van der Waals surface area contributed by atoms with Gasteiger partial charge in [-0.05, 0) is 31.5 Å². The number of alkyl halides is 1. The van der Waals surface area contributed by atoms with Crippen LogP contribution in [0, 0.1) is 0 Å². The molecule has 106 valence electrons. The standard InChI is InChI=1S/C13H18ClNO3S/c1-10-8-15(9-11(2)18-10)19(16,17)13-5-3-4-12(6-13)7-14/h3-6,10-11H,7-9H2,1-2H3/t10-,11+. The van der Waals surface area contributed by atoms with E-state index in [1.165, 1.54) is 4.31 Å². The van der Waals surface area contributed by atoms with Crippen LogP contribution in [0.4, 0.5) is 0 Å². The van der Waals surface area contributed by atoms with Crippen LogP contribution in [0.3, 0.4) is 0 Å². The van der Waals surface area contributed by atoms with Crippen LogP contribution in [-0.4, -0.2) is 38.0 Å². The van der Waals surface area contributed by atoms with Crippen molar-refractivity contribution in [2.75, 3.05) is 13.1 Å². The molecule has 1 aromatic rings. The second kappa shape index (κ2) is 5.79. The Hall–Kier alpha value is -0.620. The fourth-order valence-electron chi connectivity index (χ4n) is 2.27.